The molecule has 0 aliphatic carbocycles. The quantitative estimate of drug-likeness (QED) is 0.806. The van der Waals surface area contributed by atoms with Crippen LogP contribution in [0.3, 0.4) is 0 Å². The number of fused-ring (bicyclic) bond motifs is 1. The highest BCUT2D eigenvalue weighted by atomic mass is 16.5. The largest absolute Gasteiger partial charge is 0.493 e. The van der Waals surface area contributed by atoms with Crippen molar-refractivity contribution in [3.63, 3.8) is 0 Å². The number of benzene rings is 1. The van der Waals surface area contributed by atoms with Gasteiger partial charge in [-0.05, 0) is 35.7 Å². The number of anilines is 1. The van der Waals surface area contributed by atoms with Gasteiger partial charge in [0.15, 0.2) is 11.5 Å². The van der Waals surface area contributed by atoms with E-state index in [9.17, 15) is 4.79 Å². The molecular formula is C21H25N3O4. The maximum Gasteiger partial charge on any atom is 0.255 e. The molecule has 1 saturated heterocycles. The van der Waals surface area contributed by atoms with E-state index in [-0.39, 0.29) is 5.91 Å². The van der Waals surface area contributed by atoms with Crippen LogP contribution in [0, 0.1) is 0 Å². The lowest BCUT2D eigenvalue weighted by Crippen LogP contribution is -2.40. The maximum absolute atomic E-state index is 12.8. The molecule has 1 fully saturated rings. The number of carbonyl (C=O) groups excluding carboxylic acids is 1. The van der Waals surface area contributed by atoms with E-state index in [1.165, 1.54) is 11.1 Å². The van der Waals surface area contributed by atoms with E-state index >= 15 is 0 Å². The van der Waals surface area contributed by atoms with Crippen LogP contribution >= 0.6 is 0 Å². The third kappa shape index (κ3) is 3.62. The molecule has 2 aromatic rings. The third-order valence-electron chi connectivity index (χ3n) is 5.35. The SMILES string of the molecule is COc1cc2c(cc1OC)CN(c1cncc(C(=O)N3CCOCC3)c1)CC2. The maximum atomic E-state index is 12.8. The molecule has 148 valence electrons. The van der Waals surface area contributed by atoms with Gasteiger partial charge in [-0.25, -0.2) is 0 Å². The minimum Gasteiger partial charge on any atom is -0.493 e. The van der Waals surface area contributed by atoms with Gasteiger partial charge in [0, 0.05) is 32.4 Å². The number of hydrogen-bond donors (Lipinski definition) is 0. The Morgan fingerprint density at radius 1 is 1.00 bits per heavy atom. The molecule has 0 radical (unpaired) electrons. The van der Waals surface area contributed by atoms with E-state index in [1.807, 2.05) is 23.2 Å². The number of rotatable bonds is 4. The van der Waals surface area contributed by atoms with Gasteiger partial charge < -0.3 is 24.0 Å². The van der Waals surface area contributed by atoms with E-state index in [4.69, 9.17) is 14.2 Å². The molecule has 0 atom stereocenters. The summed E-state index contributed by atoms with van der Waals surface area (Å²) in [6, 6.07) is 6.04. The lowest BCUT2D eigenvalue weighted by atomic mass is 9.98. The first-order valence-electron chi connectivity index (χ1n) is 9.50. The average molecular weight is 383 g/mol. The van der Waals surface area contributed by atoms with Crippen molar-refractivity contribution in [3.05, 3.63) is 47.3 Å². The lowest BCUT2D eigenvalue weighted by molar-refractivity contribution is 0.0302. The monoisotopic (exact) mass is 383 g/mol. The second kappa shape index (κ2) is 8.06. The van der Waals surface area contributed by atoms with Crippen LogP contribution in [-0.4, -0.2) is 62.9 Å². The number of amides is 1. The average Bonchev–Trinajstić information content (AvgIpc) is 2.77. The Morgan fingerprint density at radius 2 is 1.71 bits per heavy atom. The van der Waals surface area contributed by atoms with Crippen LogP contribution in [0.15, 0.2) is 30.6 Å². The second-order valence-electron chi connectivity index (χ2n) is 6.98. The molecule has 1 aromatic carbocycles. The summed E-state index contributed by atoms with van der Waals surface area (Å²) in [6.45, 7) is 4.04. The number of pyridine rings is 1. The summed E-state index contributed by atoms with van der Waals surface area (Å²) in [5, 5.41) is 0. The van der Waals surface area contributed by atoms with Gasteiger partial charge in [0.05, 0.1) is 44.9 Å². The van der Waals surface area contributed by atoms with Gasteiger partial charge in [-0.2, -0.15) is 0 Å². The molecule has 3 heterocycles. The number of morpholine rings is 1. The summed E-state index contributed by atoms with van der Waals surface area (Å²) in [5.41, 5.74) is 4.05. The molecule has 1 amide bonds. The Balaban J connectivity index is 1.55. The number of ether oxygens (including phenoxy) is 3. The number of methoxy groups -OCH3 is 2. The zero-order valence-electron chi connectivity index (χ0n) is 16.3. The Kier molecular flexibility index (Phi) is 5.34. The summed E-state index contributed by atoms with van der Waals surface area (Å²) in [4.78, 5) is 21.2. The van der Waals surface area contributed by atoms with Crippen LogP contribution in [0.25, 0.3) is 0 Å². The first-order valence-corrected chi connectivity index (χ1v) is 9.50. The summed E-state index contributed by atoms with van der Waals surface area (Å²) < 4.78 is 16.2. The first-order chi connectivity index (χ1) is 13.7. The molecule has 7 heteroatoms. The molecule has 0 spiro atoms. The van der Waals surface area contributed by atoms with Crippen molar-refractivity contribution in [1.29, 1.82) is 0 Å². The van der Waals surface area contributed by atoms with Crippen molar-refractivity contribution in [1.82, 2.24) is 9.88 Å². The summed E-state index contributed by atoms with van der Waals surface area (Å²) in [6.07, 6.45) is 4.37. The van der Waals surface area contributed by atoms with Crippen molar-refractivity contribution in [3.8, 4) is 11.5 Å². The molecule has 0 unspecified atom stereocenters. The molecule has 4 rings (SSSR count). The summed E-state index contributed by atoms with van der Waals surface area (Å²) in [7, 11) is 3.30. The van der Waals surface area contributed by atoms with Crippen LogP contribution in [0.1, 0.15) is 21.5 Å². The van der Waals surface area contributed by atoms with Crippen molar-refractivity contribution >= 4 is 11.6 Å². The number of hydrogen-bond acceptors (Lipinski definition) is 6. The Morgan fingerprint density at radius 3 is 2.43 bits per heavy atom. The summed E-state index contributed by atoms with van der Waals surface area (Å²) in [5.74, 6) is 1.51. The predicted octanol–water partition coefficient (Wildman–Crippen LogP) is 2.13. The second-order valence-corrected chi connectivity index (χ2v) is 6.98. The zero-order chi connectivity index (χ0) is 19.5. The number of aromatic nitrogens is 1. The molecule has 0 saturated carbocycles. The molecule has 1 aromatic heterocycles. The van der Waals surface area contributed by atoms with Crippen LogP contribution in [0.5, 0.6) is 11.5 Å². The molecular weight excluding hydrogens is 358 g/mol. The van der Waals surface area contributed by atoms with Gasteiger partial charge >= 0.3 is 0 Å². The predicted molar refractivity (Wildman–Crippen MR) is 105 cm³/mol. The van der Waals surface area contributed by atoms with E-state index in [0.29, 0.717) is 31.9 Å². The smallest absolute Gasteiger partial charge is 0.255 e. The molecule has 0 N–H and O–H groups in total. The van der Waals surface area contributed by atoms with Crippen LogP contribution < -0.4 is 14.4 Å². The van der Waals surface area contributed by atoms with Gasteiger partial charge in [0.2, 0.25) is 0 Å². The van der Waals surface area contributed by atoms with Crippen molar-refractivity contribution in [2.75, 3.05) is 52.0 Å². The van der Waals surface area contributed by atoms with Gasteiger partial charge in [-0.3, -0.25) is 9.78 Å². The minimum atomic E-state index is 0.0152. The van der Waals surface area contributed by atoms with E-state index in [1.54, 1.807) is 20.4 Å². The Hall–Kier alpha value is -2.80. The Bertz CT molecular complexity index is 865. The fourth-order valence-electron chi connectivity index (χ4n) is 3.77. The standard InChI is InChI=1S/C21H25N3O4/c1-26-19-10-15-3-4-24(14-17(15)11-20(19)27-2)18-9-16(12-22-13-18)21(25)23-5-7-28-8-6-23/h9-13H,3-8,14H2,1-2H3. The molecule has 2 aliphatic heterocycles. The van der Waals surface area contributed by atoms with Gasteiger partial charge in [-0.15, -0.1) is 0 Å². The fraction of sp³-hybridized carbons (Fsp3) is 0.429. The topological polar surface area (TPSA) is 64.1 Å². The lowest BCUT2D eigenvalue weighted by Gasteiger charge is -2.31. The van der Waals surface area contributed by atoms with Crippen LogP contribution in [0.2, 0.25) is 0 Å². The molecule has 7 nitrogen and oxygen atoms in total. The van der Waals surface area contributed by atoms with Gasteiger partial charge in [0.1, 0.15) is 0 Å². The van der Waals surface area contributed by atoms with Crippen molar-refractivity contribution in [2.45, 2.75) is 13.0 Å². The number of carbonyl (C=O) groups is 1. The van der Waals surface area contributed by atoms with E-state index < -0.39 is 0 Å². The molecule has 2 aliphatic rings. The minimum absolute atomic E-state index is 0.0152. The summed E-state index contributed by atoms with van der Waals surface area (Å²) >= 11 is 0. The van der Waals surface area contributed by atoms with Crippen LogP contribution in [-0.2, 0) is 17.7 Å². The Labute approximate surface area is 164 Å². The highest BCUT2D eigenvalue weighted by Gasteiger charge is 2.22. The number of nitrogens with zero attached hydrogens (tertiary/aromatic N) is 3. The fourth-order valence-corrected chi connectivity index (χ4v) is 3.77. The van der Waals surface area contributed by atoms with Crippen molar-refractivity contribution < 1.29 is 19.0 Å². The first kappa shape index (κ1) is 18.6. The third-order valence-corrected chi connectivity index (χ3v) is 5.35. The zero-order valence-corrected chi connectivity index (χ0v) is 16.3. The normalized spacial score (nSPS) is 16.5. The molecule has 28 heavy (non-hydrogen) atoms. The van der Waals surface area contributed by atoms with E-state index in [2.05, 4.69) is 16.0 Å². The molecule has 0 bridgehead atoms. The van der Waals surface area contributed by atoms with Crippen LogP contribution in [0.4, 0.5) is 5.69 Å². The van der Waals surface area contributed by atoms with Gasteiger partial charge in [0.25, 0.3) is 5.91 Å². The highest BCUT2D eigenvalue weighted by Crippen LogP contribution is 2.34. The highest BCUT2D eigenvalue weighted by molar-refractivity contribution is 5.94. The van der Waals surface area contributed by atoms with Gasteiger partial charge in [-0.1, -0.05) is 0 Å². The van der Waals surface area contributed by atoms with Crippen molar-refractivity contribution in [2.24, 2.45) is 0 Å². The van der Waals surface area contributed by atoms with E-state index in [0.717, 1.165) is 36.7 Å².